The van der Waals surface area contributed by atoms with E-state index in [4.69, 9.17) is 4.84 Å². The summed E-state index contributed by atoms with van der Waals surface area (Å²) in [6.45, 7) is 5.80. The van der Waals surface area contributed by atoms with E-state index in [9.17, 15) is 18.3 Å². The topological polar surface area (TPSA) is 53.8 Å². The van der Waals surface area contributed by atoms with Crippen LogP contribution < -0.4 is 5.32 Å². The van der Waals surface area contributed by atoms with Gasteiger partial charge in [0.25, 0.3) is 0 Å². The molecule has 1 saturated carbocycles. The molecule has 0 aromatic heterocycles. The predicted molar refractivity (Wildman–Crippen MR) is 129 cm³/mol. The third-order valence-electron chi connectivity index (χ3n) is 6.54. The van der Waals surface area contributed by atoms with Crippen molar-refractivity contribution in [1.82, 2.24) is 0 Å². The fourth-order valence-electron chi connectivity index (χ4n) is 4.80. The zero-order valence-electron chi connectivity index (χ0n) is 19.2. The number of aliphatic hydroxyl groups is 1. The van der Waals surface area contributed by atoms with Crippen LogP contribution in [0.15, 0.2) is 59.9 Å². The van der Waals surface area contributed by atoms with Gasteiger partial charge >= 0.3 is 6.18 Å². The number of rotatable bonds is 6. The molecule has 0 saturated heterocycles. The van der Waals surface area contributed by atoms with Crippen molar-refractivity contribution in [3.05, 3.63) is 71.4 Å². The lowest BCUT2D eigenvalue weighted by atomic mass is 9.81. The van der Waals surface area contributed by atoms with E-state index in [1.807, 2.05) is 6.92 Å². The summed E-state index contributed by atoms with van der Waals surface area (Å²) in [5.41, 5.74) is 3.09. The lowest BCUT2D eigenvalue weighted by Crippen LogP contribution is -2.32. The van der Waals surface area contributed by atoms with Gasteiger partial charge in [-0.2, -0.15) is 13.2 Å². The second-order valence-electron chi connectivity index (χ2n) is 9.04. The molecule has 2 N–H and O–H groups in total. The van der Waals surface area contributed by atoms with Crippen LogP contribution in [0.4, 0.5) is 18.9 Å². The van der Waals surface area contributed by atoms with Crippen molar-refractivity contribution < 1.29 is 23.1 Å². The van der Waals surface area contributed by atoms with E-state index in [1.165, 1.54) is 18.6 Å². The number of hydrogen-bond acceptors (Lipinski definition) is 4. The molecule has 2 aromatic carbocycles. The molecular formula is C27H29F3N2O2. The first-order valence-electron chi connectivity index (χ1n) is 11.5. The van der Waals surface area contributed by atoms with Crippen LogP contribution in [0.3, 0.4) is 0 Å². The number of benzene rings is 2. The zero-order chi connectivity index (χ0) is 24.3. The van der Waals surface area contributed by atoms with E-state index in [1.54, 1.807) is 30.4 Å². The molecule has 180 valence electrons. The van der Waals surface area contributed by atoms with E-state index in [0.717, 1.165) is 43.0 Å². The average molecular weight is 471 g/mol. The normalized spacial score (nSPS) is 17.6. The summed E-state index contributed by atoms with van der Waals surface area (Å²) in [6.07, 6.45) is 4.88. The van der Waals surface area contributed by atoms with Crippen LogP contribution in [-0.4, -0.2) is 23.0 Å². The first-order valence-corrected chi connectivity index (χ1v) is 11.5. The molecule has 2 aromatic rings. The number of allylic oxidation sites excluding steroid dienone is 1. The summed E-state index contributed by atoms with van der Waals surface area (Å²) in [5.74, 6) is 0. The van der Waals surface area contributed by atoms with Crippen molar-refractivity contribution in [2.75, 3.05) is 11.9 Å². The highest BCUT2D eigenvalue weighted by Gasteiger charge is 2.40. The van der Waals surface area contributed by atoms with Gasteiger partial charge in [-0.1, -0.05) is 48.5 Å². The molecule has 0 atom stereocenters. The lowest BCUT2D eigenvalue weighted by Gasteiger charge is -2.30. The van der Waals surface area contributed by atoms with Crippen LogP contribution in [0.2, 0.25) is 0 Å². The first-order chi connectivity index (χ1) is 16.2. The highest BCUT2D eigenvalue weighted by Crippen LogP contribution is 2.41. The quantitative estimate of drug-likeness (QED) is 0.474. The summed E-state index contributed by atoms with van der Waals surface area (Å²) < 4.78 is 40.9. The Morgan fingerprint density at radius 1 is 1.21 bits per heavy atom. The molecule has 2 aliphatic rings. The molecule has 1 spiro atoms. The third-order valence-corrected chi connectivity index (χ3v) is 6.54. The van der Waals surface area contributed by atoms with E-state index >= 15 is 0 Å². The molecule has 1 aliphatic carbocycles. The van der Waals surface area contributed by atoms with Crippen LogP contribution >= 0.6 is 0 Å². The van der Waals surface area contributed by atoms with Crippen molar-refractivity contribution in [1.29, 1.82) is 0 Å². The van der Waals surface area contributed by atoms with Crippen LogP contribution in [0.1, 0.15) is 55.2 Å². The fraction of sp³-hybridized carbons (Fsp3) is 0.370. The molecule has 0 bridgehead atoms. The first kappa shape index (κ1) is 24.1. The number of oxime groups is 1. The minimum absolute atomic E-state index is 0.106. The van der Waals surface area contributed by atoms with Crippen molar-refractivity contribution in [2.24, 2.45) is 5.16 Å². The molecule has 0 radical (unpaired) electrons. The maximum Gasteiger partial charge on any atom is 0.417 e. The fourth-order valence-corrected chi connectivity index (χ4v) is 4.80. The van der Waals surface area contributed by atoms with E-state index in [0.29, 0.717) is 28.9 Å². The Balaban J connectivity index is 1.65. The van der Waals surface area contributed by atoms with Gasteiger partial charge < -0.3 is 15.3 Å². The number of hydrogen-bond donors (Lipinski definition) is 2. The van der Waals surface area contributed by atoms with Crippen LogP contribution in [0.5, 0.6) is 0 Å². The number of nitrogens with one attached hydrogen (secondary N) is 1. The number of anilines is 1. The number of alkyl halides is 3. The predicted octanol–water partition coefficient (Wildman–Crippen LogP) is 7.09. The molecule has 34 heavy (non-hydrogen) atoms. The van der Waals surface area contributed by atoms with Crippen LogP contribution in [0.25, 0.3) is 17.2 Å². The minimum atomic E-state index is -4.47. The Hall–Kier alpha value is -3.06. The van der Waals surface area contributed by atoms with E-state index in [-0.39, 0.29) is 17.8 Å². The molecular weight excluding hydrogens is 441 g/mol. The van der Waals surface area contributed by atoms with Gasteiger partial charge in [0, 0.05) is 12.1 Å². The van der Waals surface area contributed by atoms with E-state index < -0.39 is 11.7 Å². The summed E-state index contributed by atoms with van der Waals surface area (Å²) in [7, 11) is 0. The standard InChI is InChI=1S/C27H29F3N2O2/c1-18-15-21(22-10-4-5-11-23(22)27(28,29)30)16-20(9-8-14-33)25(18)31-19(2)24-17-26(34-32-24)12-6-3-7-13-26/h4-5,8-11,15-16,31,33H,2-3,6-7,12-14,17H2,1H3/b9-8-. The Morgan fingerprint density at radius 2 is 1.94 bits per heavy atom. The highest BCUT2D eigenvalue weighted by atomic mass is 19.4. The van der Waals surface area contributed by atoms with Crippen LogP contribution in [0, 0.1) is 6.92 Å². The summed E-state index contributed by atoms with van der Waals surface area (Å²) in [5, 5.41) is 16.9. The van der Waals surface area contributed by atoms with Crippen molar-refractivity contribution >= 4 is 17.5 Å². The largest absolute Gasteiger partial charge is 0.417 e. The van der Waals surface area contributed by atoms with Crippen molar-refractivity contribution in [2.45, 2.75) is 57.2 Å². The van der Waals surface area contributed by atoms with Gasteiger partial charge in [-0.05, 0) is 73.1 Å². The second-order valence-corrected chi connectivity index (χ2v) is 9.04. The second kappa shape index (κ2) is 9.66. The number of nitrogens with zero attached hydrogens (tertiary/aromatic N) is 1. The average Bonchev–Trinajstić information content (AvgIpc) is 3.22. The Kier molecular flexibility index (Phi) is 6.84. The molecule has 4 rings (SSSR count). The zero-order valence-corrected chi connectivity index (χ0v) is 19.2. The summed E-state index contributed by atoms with van der Waals surface area (Å²) in [4.78, 5) is 5.83. The third kappa shape index (κ3) is 5.04. The Bertz CT molecular complexity index is 1130. The van der Waals surface area contributed by atoms with E-state index in [2.05, 4.69) is 17.1 Å². The number of aryl methyl sites for hydroxylation is 1. The van der Waals surface area contributed by atoms with Gasteiger partial charge in [0.1, 0.15) is 11.3 Å². The molecule has 1 fully saturated rings. The SMILES string of the molecule is C=C(Nc1c(C)cc(-c2ccccc2C(F)(F)F)cc1/C=C\CO)C1=NOC2(CCCCC2)C1. The maximum absolute atomic E-state index is 13.6. The van der Waals surface area contributed by atoms with Crippen molar-refractivity contribution in [3.63, 3.8) is 0 Å². The van der Waals surface area contributed by atoms with Gasteiger partial charge in [-0.3, -0.25) is 0 Å². The summed E-state index contributed by atoms with van der Waals surface area (Å²) in [6, 6.07) is 8.95. The maximum atomic E-state index is 13.6. The Morgan fingerprint density at radius 3 is 2.65 bits per heavy atom. The van der Waals surface area contributed by atoms with Gasteiger partial charge in [-0.25, -0.2) is 0 Å². The molecule has 1 aliphatic heterocycles. The highest BCUT2D eigenvalue weighted by molar-refractivity contribution is 6.03. The lowest BCUT2D eigenvalue weighted by molar-refractivity contribution is -0.137. The van der Waals surface area contributed by atoms with Gasteiger partial charge in [-0.15, -0.1) is 0 Å². The molecule has 0 amide bonds. The van der Waals surface area contributed by atoms with Crippen LogP contribution in [-0.2, 0) is 11.0 Å². The molecule has 1 heterocycles. The summed E-state index contributed by atoms with van der Waals surface area (Å²) >= 11 is 0. The smallest absolute Gasteiger partial charge is 0.392 e. The Labute approximate surface area is 197 Å². The number of halogens is 3. The van der Waals surface area contributed by atoms with Crippen molar-refractivity contribution in [3.8, 4) is 11.1 Å². The molecule has 4 nitrogen and oxygen atoms in total. The monoisotopic (exact) mass is 470 g/mol. The molecule has 0 unspecified atom stereocenters. The number of aliphatic hydroxyl groups excluding tert-OH is 1. The van der Waals surface area contributed by atoms with Gasteiger partial charge in [0.15, 0.2) is 0 Å². The minimum Gasteiger partial charge on any atom is -0.392 e. The van der Waals surface area contributed by atoms with Gasteiger partial charge in [0.05, 0.1) is 17.9 Å². The van der Waals surface area contributed by atoms with Gasteiger partial charge in [0.2, 0.25) is 0 Å². The molecule has 7 heteroatoms.